The third kappa shape index (κ3) is 2.37. The van der Waals surface area contributed by atoms with Crippen LogP contribution in [0.5, 0.6) is 0 Å². The Morgan fingerprint density at radius 2 is 1.68 bits per heavy atom. The van der Waals surface area contributed by atoms with E-state index < -0.39 is 5.54 Å². The minimum atomic E-state index is -0.688. The van der Waals surface area contributed by atoms with Crippen molar-refractivity contribution in [3.05, 3.63) is 60.5 Å². The van der Waals surface area contributed by atoms with Crippen LogP contribution in [0.2, 0.25) is 0 Å². The van der Waals surface area contributed by atoms with Gasteiger partial charge in [-0.15, -0.1) is 0 Å². The molecule has 3 rings (SSSR count). The fraction of sp³-hybridized carbons (Fsp3) is 0.222. The van der Waals surface area contributed by atoms with Gasteiger partial charge in [0.1, 0.15) is 11.1 Å². The highest BCUT2D eigenvalue weighted by Crippen LogP contribution is 2.33. The molecule has 0 saturated heterocycles. The highest BCUT2D eigenvalue weighted by molar-refractivity contribution is 5.93. The molecule has 0 N–H and O–H groups in total. The van der Waals surface area contributed by atoms with E-state index in [-0.39, 0.29) is 5.91 Å². The van der Waals surface area contributed by atoms with Gasteiger partial charge in [0.05, 0.1) is 0 Å². The topological polar surface area (TPSA) is 46.3 Å². The van der Waals surface area contributed by atoms with Crippen LogP contribution < -0.4 is 4.90 Å². The number of nitrogens with zero attached hydrogens (tertiary/aromatic N) is 2. The Morgan fingerprint density at radius 3 is 2.32 bits per heavy atom. The molecule has 0 radical (unpaired) electrons. The molecular formula is C18H18N2O2. The van der Waals surface area contributed by atoms with Crippen molar-refractivity contribution in [1.82, 2.24) is 4.98 Å². The maximum atomic E-state index is 12.2. The monoisotopic (exact) mass is 294 g/mol. The van der Waals surface area contributed by atoms with E-state index in [0.717, 1.165) is 16.8 Å². The molecule has 0 atom stereocenters. The average molecular weight is 294 g/mol. The Kier molecular flexibility index (Phi) is 3.45. The average Bonchev–Trinajstić information content (AvgIpc) is 2.92. The minimum absolute atomic E-state index is 0.0570. The smallest absolute Gasteiger partial charge is 0.224 e. The molecule has 0 spiro atoms. The maximum Gasteiger partial charge on any atom is 0.224 e. The van der Waals surface area contributed by atoms with E-state index in [9.17, 15) is 4.79 Å². The second-order valence-corrected chi connectivity index (χ2v) is 5.74. The zero-order valence-electron chi connectivity index (χ0n) is 12.9. The number of oxazole rings is 1. The van der Waals surface area contributed by atoms with Gasteiger partial charge in [0.25, 0.3) is 0 Å². The van der Waals surface area contributed by atoms with Crippen LogP contribution in [0, 0.1) is 0 Å². The predicted octanol–water partition coefficient (Wildman–Crippen LogP) is 4.12. The Bertz CT molecular complexity index is 773. The Balaban J connectivity index is 2.11. The number of carbonyl (C=O) groups is 1. The van der Waals surface area contributed by atoms with Gasteiger partial charge in [-0.3, -0.25) is 9.69 Å². The van der Waals surface area contributed by atoms with Crippen molar-refractivity contribution in [3.63, 3.8) is 0 Å². The van der Waals surface area contributed by atoms with Gasteiger partial charge >= 0.3 is 0 Å². The third-order valence-electron chi connectivity index (χ3n) is 3.71. The van der Waals surface area contributed by atoms with Gasteiger partial charge < -0.3 is 4.42 Å². The molecule has 112 valence electrons. The predicted molar refractivity (Wildman–Crippen MR) is 86.6 cm³/mol. The van der Waals surface area contributed by atoms with Crippen LogP contribution >= 0.6 is 0 Å². The lowest BCUT2D eigenvalue weighted by molar-refractivity contribution is -0.117. The number of fused-ring (bicyclic) bond motifs is 1. The van der Waals surface area contributed by atoms with Crippen molar-refractivity contribution in [2.75, 3.05) is 4.90 Å². The first kappa shape index (κ1) is 14.3. The summed E-state index contributed by atoms with van der Waals surface area (Å²) in [6, 6.07) is 17.2. The molecule has 0 bridgehead atoms. The van der Waals surface area contributed by atoms with E-state index in [4.69, 9.17) is 4.42 Å². The summed E-state index contributed by atoms with van der Waals surface area (Å²) in [4.78, 5) is 18.5. The standard InChI is InChI=1S/C18H18N2O2/c1-13(21)20(14-9-5-4-6-10-14)18(2,3)17-19-15-11-7-8-12-16(15)22-17/h4-12H,1-3H3. The molecule has 0 aliphatic carbocycles. The summed E-state index contributed by atoms with van der Waals surface area (Å²) in [5.74, 6) is 0.464. The van der Waals surface area contributed by atoms with Gasteiger partial charge in [-0.25, -0.2) is 4.98 Å². The molecule has 0 aliphatic heterocycles. The lowest BCUT2D eigenvalue weighted by atomic mass is 10.0. The summed E-state index contributed by atoms with van der Waals surface area (Å²) in [6.07, 6.45) is 0. The maximum absolute atomic E-state index is 12.2. The van der Waals surface area contributed by atoms with E-state index in [1.165, 1.54) is 0 Å². The Labute approximate surface area is 129 Å². The van der Waals surface area contributed by atoms with Crippen molar-refractivity contribution >= 4 is 22.7 Å². The van der Waals surface area contributed by atoms with Crippen LogP contribution in [0.3, 0.4) is 0 Å². The van der Waals surface area contributed by atoms with Crippen LogP contribution in [0.1, 0.15) is 26.7 Å². The first-order valence-corrected chi connectivity index (χ1v) is 7.22. The summed E-state index contributed by atoms with van der Waals surface area (Å²) >= 11 is 0. The normalized spacial score (nSPS) is 11.6. The minimum Gasteiger partial charge on any atom is -0.438 e. The number of rotatable bonds is 3. The summed E-state index contributed by atoms with van der Waals surface area (Å²) < 4.78 is 5.88. The summed E-state index contributed by atoms with van der Waals surface area (Å²) in [7, 11) is 0. The number of benzene rings is 2. The summed E-state index contributed by atoms with van der Waals surface area (Å²) in [6.45, 7) is 5.43. The van der Waals surface area contributed by atoms with E-state index in [2.05, 4.69) is 4.98 Å². The number of hydrogen-bond donors (Lipinski definition) is 0. The molecule has 1 amide bonds. The highest BCUT2D eigenvalue weighted by atomic mass is 16.4. The van der Waals surface area contributed by atoms with Crippen molar-refractivity contribution < 1.29 is 9.21 Å². The van der Waals surface area contributed by atoms with Crippen molar-refractivity contribution in [2.45, 2.75) is 26.3 Å². The van der Waals surface area contributed by atoms with E-state index in [1.54, 1.807) is 11.8 Å². The molecule has 0 aliphatic rings. The Hall–Kier alpha value is -2.62. The number of amides is 1. The molecule has 1 aromatic heterocycles. The number of aromatic nitrogens is 1. The van der Waals surface area contributed by atoms with E-state index >= 15 is 0 Å². The van der Waals surface area contributed by atoms with Gasteiger partial charge in [-0.1, -0.05) is 30.3 Å². The van der Waals surface area contributed by atoms with E-state index in [1.807, 2.05) is 68.4 Å². The number of para-hydroxylation sites is 3. The molecule has 2 aromatic carbocycles. The second kappa shape index (κ2) is 5.30. The highest BCUT2D eigenvalue weighted by Gasteiger charge is 2.36. The van der Waals surface area contributed by atoms with Crippen molar-refractivity contribution in [1.29, 1.82) is 0 Å². The van der Waals surface area contributed by atoms with Crippen molar-refractivity contribution in [2.24, 2.45) is 0 Å². The molecule has 3 aromatic rings. The van der Waals surface area contributed by atoms with Crippen LogP contribution in [0.4, 0.5) is 5.69 Å². The molecule has 4 nitrogen and oxygen atoms in total. The number of hydrogen-bond acceptors (Lipinski definition) is 3. The molecule has 22 heavy (non-hydrogen) atoms. The fourth-order valence-electron chi connectivity index (χ4n) is 2.70. The molecule has 4 heteroatoms. The number of carbonyl (C=O) groups excluding carboxylic acids is 1. The van der Waals surface area contributed by atoms with E-state index in [0.29, 0.717) is 5.89 Å². The Morgan fingerprint density at radius 1 is 1.05 bits per heavy atom. The van der Waals surface area contributed by atoms with Crippen LogP contribution in [-0.2, 0) is 10.3 Å². The summed E-state index contributed by atoms with van der Waals surface area (Å²) in [5, 5.41) is 0. The van der Waals surface area contributed by atoms with Gasteiger partial charge in [0.15, 0.2) is 5.58 Å². The van der Waals surface area contributed by atoms with Crippen molar-refractivity contribution in [3.8, 4) is 0 Å². The molecule has 0 saturated carbocycles. The largest absolute Gasteiger partial charge is 0.438 e. The van der Waals surface area contributed by atoms with Crippen LogP contribution in [0.25, 0.3) is 11.1 Å². The fourth-order valence-corrected chi connectivity index (χ4v) is 2.70. The summed E-state index contributed by atoms with van der Waals surface area (Å²) in [5.41, 5.74) is 1.65. The second-order valence-electron chi connectivity index (χ2n) is 5.74. The zero-order chi connectivity index (χ0) is 15.7. The molecule has 0 fully saturated rings. The first-order chi connectivity index (χ1) is 10.5. The lowest BCUT2D eigenvalue weighted by Crippen LogP contribution is -2.45. The number of anilines is 1. The molecular weight excluding hydrogens is 276 g/mol. The third-order valence-corrected chi connectivity index (χ3v) is 3.71. The van der Waals surface area contributed by atoms with Gasteiger partial charge in [-0.2, -0.15) is 0 Å². The lowest BCUT2D eigenvalue weighted by Gasteiger charge is -2.35. The van der Waals surface area contributed by atoms with Gasteiger partial charge in [0.2, 0.25) is 11.8 Å². The SMILES string of the molecule is CC(=O)N(c1ccccc1)C(C)(C)c1nc2ccccc2o1. The molecule has 1 heterocycles. The van der Waals surface area contributed by atoms with Crippen LogP contribution in [-0.4, -0.2) is 10.9 Å². The van der Waals surface area contributed by atoms with Crippen LogP contribution in [0.15, 0.2) is 59.0 Å². The zero-order valence-corrected chi connectivity index (χ0v) is 12.9. The molecule has 0 unspecified atom stereocenters. The van der Waals surface area contributed by atoms with Gasteiger partial charge in [-0.05, 0) is 38.1 Å². The first-order valence-electron chi connectivity index (χ1n) is 7.22. The van der Waals surface area contributed by atoms with Gasteiger partial charge in [0, 0.05) is 12.6 Å². The quantitative estimate of drug-likeness (QED) is 0.730.